The summed E-state index contributed by atoms with van der Waals surface area (Å²) in [5.74, 6) is -1.18. The fourth-order valence-electron chi connectivity index (χ4n) is 3.99. The Balaban J connectivity index is 1.44. The third-order valence-corrected chi connectivity index (χ3v) is 5.54. The van der Waals surface area contributed by atoms with Crippen molar-refractivity contribution in [1.29, 1.82) is 0 Å². The number of benzene rings is 2. The molecule has 9 nitrogen and oxygen atoms in total. The number of carboxylic acids is 1. The molecule has 2 aromatic carbocycles. The number of fused-ring (bicyclic) bond motifs is 3. The van der Waals surface area contributed by atoms with E-state index in [0.717, 1.165) is 22.3 Å². The predicted molar refractivity (Wildman–Crippen MR) is 118 cm³/mol. The first-order valence-electron chi connectivity index (χ1n) is 10.3. The smallest absolute Gasteiger partial charge is 0.407 e. The molecule has 9 heteroatoms. The van der Waals surface area contributed by atoms with Gasteiger partial charge in [-0.25, -0.2) is 14.6 Å². The van der Waals surface area contributed by atoms with Crippen LogP contribution in [0.2, 0.25) is 0 Å². The monoisotopic (exact) mass is 449 g/mol. The number of hydrogen-bond donors (Lipinski definition) is 2. The molecule has 0 bridgehead atoms. The van der Waals surface area contributed by atoms with E-state index in [9.17, 15) is 14.7 Å². The summed E-state index contributed by atoms with van der Waals surface area (Å²) >= 11 is 0. The van der Waals surface area contributed by atoms with E-state index in [4.69, 9.17) is 14.2 Å². The van der Waals surface area contributed by atoms with Crippen molar-refractivity contribution in [1.82, 2.24) is 15.3 Å². The van der Waals surface area contributed by atoms with Crippen LogP contribution >= 0.6 is 0 Å². The number of carbonyl (C=O) groups excluding carboxylic acids is 1. The number of methoxy groups -OCH3 is 2. The molecular weight excluding hydrogens is 426 g/mol. The van der Waals surface area contributed by atoms with E-state index in [1.165, 1.54) is 20.4 Å². The van der Waals surface area contributed by atoms with Crippen LogP contribution in [0.25, 0.3) is 11.1 Å². The van der Waals surface area contributed by atoms with Crippen LogP contribution in [0, 0.1) is 0 Å². The molecule has 1 amide bonds. The number of carboxylic acid groups (broad SMARTS) is 1. The number of nitrogens with one attached hydrogen (secondary N) is 1. The summed E-state index contributed by atoms with van der Waals surface area (Å²) in [6.07, 6.45) is 0.491. The minimum Gasteiger partial charge on any atom is -0.481 e. The highest BCUT2D eigenvalue weighted by molar-refractivity contribution is 5.81. The largest absolute Gasteiger partial charge is 0.481 e. The fourth-order valence-corrected chi connectivity index (χ4v) is 3.99. The van der Waals surface area contributed by atoms with Crippen LogP contribution in [-0.4, -0.2) is 54.0 Å². The highest BCUT2D eigenvalue weighted by atomic mass is 16.5. The number of hydrogen-bond acceptors (Lipinski definition) is 7. The maximum absolute atomic E-state index is 12.5. The average molecular weight is 449 g/mol. The zero-order valence-corrected chi connectivity index (χ0v) is 18.1. The van der Waals surface area contributed by atoms with Crippen molar-refractivity contribution in [3.8, 4) is 23.0 Å². The normalized spacial score (nSPS) is 12.9. The average Bonchev–Trinajstić information content (AvgIpc) is 3.16. The van der Waals surface area contributed by atoms with Crippen LogP contribution in [0.3, 0.4) is 0 Å². The zero-order chi connectivity index (χ0) is 23.4. The quantitative estimate of drug-likeness (QED) is 0.539. The van der Waals surface area contributed by atoms with Crippen molar-refractivity contribution in [2.45, 2.75) is 18.4 Å². The second kappa shape index (κ2) is 9.56. The number of amides is 1. The first kappa shape index (κ1) is 22.1. The Morgan fingerprint density at radius 2 is 1.67 bits per heavy atom. The van der Waals surface area contributed by atoms with Crippen LogP contribution in [0.15, 0.2) is 54.7 Å². The van der Waals surface area contributed by atoms with Gasteiger partial charge >= 0.3 is 18.1 Å². The van der Waals surface area contributed by atoms with Gasteiger partial charge in [0, 0.05) is 24.1 Å². The molecule has 1 aromatic heterocycles. The number of nitrogens with zero attached hydrogens (tertiary/aromatic N) is 2. The van der Waals surface area contributed by atoms with E-state index in [0.29, 0.717) is 5.56 Å². The van der Waals surface area contributed by atoms with Crippen molar-refractivity contribution in [3.05, 3.63) is 71.4 Å². The Morgan fingerprint density at radius 1 is 1.03 bits per heavy atom. The van der Waals surface area contributed by atoms with Crippen molar-refractivity contribution < 1.29 is 28.9 Å². The molecule has 0 fully saturated rings. The summed E-state index contributed by atoms with van der Waals surface area (Å²) in [5, 5.41) is 12.0. The molecule has 0 aliphatic heterocycles. The van der Waals surface area contributed by atoms with E-state index in [-0.39, 0.29) is 30.8 Å². The topological polar surface area (TPSA) is 120 Å². The number of aromatic nitrogens is 2. The molecule has 2 N–H and O–H groups in total. The Bertz CT molecular complexity index is 1140. The molecule has 170 valence electrons. The van der Waals surface area contributed by atoms with Gasteiger partial charge in [-0.1, -0.05) is 48.5 Å². The summed E-state index contributed by atoms with van der Waals surface area (Å²) in [5.41, 5.74) is 4.77. The van der Waals surface area contributed by atoms with Crippen molar-refractivity contribution in [2.75, 3.05) is 20.8 Å². The van der Waals surface area contributed by atoms with Gasteiger partial charge in [-0.05, 0) is 22.3 Å². The molecule has 0 radical (unpaired) electrons. The minimum atomic E-state index is -1.26. The van der Waals surface area contributed by atoms with Gasteiger partial charge in [0.2, 0.25) is 5.88 Å². The van der Waals surface area contributed by atoms with Gasteiger partial charge in [0.1, 0.15) is 12.6 Å². The van der Waals surface area contributed by atoms with Crippen LogP contribution in [-0.2, 0) is 16.0 Å². The molecule has 0 unspecified atom stereocenters. The predicted octanol–water partition coefficient (Wildman–Crippen LogP) is 3.03. The zero-order valence-electron chi connectivity index (χ0n) is 18.1. The summed E-state index contributed by atoms with van der Waals surface area (Å²) in [6.45, 7) is 0.0845. The lowest BCUT2D eigenvalue weighted by atomic mass is 9.98. The SMILES string of the molecule is COc1ncc(C[C@H](NC(=O)OCC2c3ccccc3-c3ccccc32)C(=O)O)c(OC)n1. The van der Waals surface area contributed by atoms with Crippen LogP contribution < -0.4 is 14.8 Å². The first-order valence-corrected chi connectivity index (χ1v) is 10.3. The van der Waals surface area contributed by atoms with E-state index >= 15 is 0 Å². The lowest BCUT2D eigenvalue weighted by molar-refractivity contribution is -0.139. The lowest BCUT2D eigenvalue weighted by Gasteiger charge is -2.18. The van der Waals surface area contributed by atoms with Crippen LogP contribution in [0.5, 0.6) is 11.9 Å². The van der Waals surface area contributed by atoms with E-state index in [1.54, 1.807) is 0 Å². The Labute approximate surface area is 190 Å². The summed E-state index contributed by atoms with van der Waals surface area (Å²) in [6, 6.07) is 14.8. The molecule has 1 aliphatic rings. The highest BCUT2D eigenvalue weighted by Crippen LogP contribution is 2.44. The van der Waals surface area contributed by atoms with E-state index < -0.39 is 18.1 Å². The summed E-state index contributed by atoms with van der Waals surface area (Å²) in [4.78, 5) is 32.3. The van der Waals surface area contributed by atoms with Gasteiger partial charge in [-0.2, -0.15) is 4.98 Å². The Kier molecular flexibility index (Phi) is 6.39. The fraction of sp³-hybridized carbons (Fsp3) is 0.250. The summed E-state index contributed by atoms with van der Waals surface area (Å²) in [7, 11) is 2.81. The minimum absolute atomic E-state index is 0.0845. The molecule has 33 heavy (non-hydrogen) atoms. The van der Waals surface area contributed by atoms with E-state index in [1.807, 2.05) is 48.5 Å². The van der Waals surface area contributed by atoms with Gasteiger partial charge < -0.3 is 24.6 Å². The van der Waals surface area contributed by atoms with Gasteiger partial charge in [-0.3, -0.25) is 0 Å². The third kappa shape index (κ3) is 4.57. The first-order chi connectivity index (χ1) is 16.0. The number of rotatable bonds is 8. The second-order valence-electron chi connectivity index (χ2n) is 7.46. The summed E-state index contributed by atoms with van der Waals surface area (Å²) < 4.78 is 15.6. The molecule has 1 heterocycles. The molecule has 1 aliphatic carbocycles. The maximum atomic E-state index is 12.5. The molecular formula is C24H23N3O6. The van der Waals surface area contributed by atoms with Crippen molar-refractivity contribution >= 4 is 12.1 Å². The van der Waals surface area contributed by atoms with Crippen LogP contribution in [0.4, 0.5) is 4.79 Å². The number of alkyl carbamates (subject to hydrolysis) is 1. The van der Waals surface area contributed by atoms with Crippen molar-refractivity contribution in [3.63, 3.8) is 0 Å². The van der Waals surface area contributed by atoms with Gasteiger partial charge in [0.15, 0.2) is 0 Å². The van der Waals surface area contributed by atoms with Gasteiger partial charge in [0.25, 0.3) is 0 Å². The second-order valence-corrected chi connectivity index (χ2v) is 7.46. The van der Waals surface area contributed by atoms with Crippen molar-refractivity contribution in [2.24, 2.45) is 0 Å². The molecule has 0 saturated carbocycles. The molecule has 1 atom stereocenters. The number of ether oxygens (including phenoxy) is 3. The molecule has 4 rings (SSSR count). The van der Waals surface area contributed by atoms with Crippen LogP contribution in [0.1, 0.15) is 22.6 Å². The Morgan fingerprint density at radius 3 is 2.24 bits per heavy atom. The standard InChI is InChI=1S/C24H23N3O6/c1-31-21-14(12-25-23(27-21)32-2)11-20(22(28)29)26-24(30)33-13-19-17-9-5-3-7-15(17)16-8-4-6-10-18(16)19/h3-10,12,19-20H,11,13H2,1-2H3,(H,26,30)(H,28,29)/t20-/m0/s1. The molecule has 0 spiro atoms. The Hall–Kier alpha value is -4.14. The maximum Gasteiger partial charge on any atom is 0.407 e. The molecule has 3 aromatic rings. The molecule has 0 saturated heterocycles. The highest BCUT2D eigenvalue weighted by Gasteiger charge is 2.30. The third-order valence-electron chi connectivity index (χ3n) is 5.54. The van der Waals surface area contributed by atoms with E-state index in [2.05, 4.69) is 15.3 Å². The number of aliphatic carboxylic acids is 1. The van der Waals surface area contributed by atoms with Gasteiger partial charge in [0.05, 0.1) is 14.2 Å². The van der Waals surface area contributed by atoms with Gasteiger partial charge in [-0.15, -0.1) is 0 Å². The number of carbonyl (C=O) groups is 2. The lowest BCUT2D eigenvalue weighted by Crippen LogP contribution is -2.43.